The second-order valence-electron chi connectivity index (χ2n) is 6.99. The van der Waals surface area contributed by atoms with Crippen LogP contribution in [0.5, 0.6) is 17.2 Å². The number of hydrogen-bond acceptors (Lipinski definition) is 5. The van der Waals surface area contributed by atoms with Crippen LogP contribution in [0.25, 0.3) is 0 Å². The standard InChI is InChI=1S/C23H32N2O3/c1-5-25(6-2)12-13-28-22-16-20-17(15-21(22)27-4)10-11-24-23(20)18-8-7-9-19(14-18)26-3/h7-9,14-16,23-24H,5-6,10-13H2,1-4H3. The summed E-state index contributed by atoms with van der Waals surface area (Å²) in [6, 6.07) is 12.6. The van der Waals surface area contributed by atoms with Gasteiger partial charge in [0.15, 0.2) is 11.5 Å². The van der Waals surface area contributed by atoms with E-state index in [1.807, 2.05) is 12.1 Å². The molecule has 0 amide bonds. The van der Waals surface area contributed by atoms with Crippen molar-refractivity contribution in [3.8, 4) is 17.2 Å². The minimum Gasteiger partial charge on any atom is -0.497 e. The first kappa shape index (κ1) is 20.5. The molecular weight excluding hydrogens is 352 g/mol. The Labute approximate surface area is 168 Å². The summed E-state index contributed by atoms with van der Waals surface area (Å²) < 4.78 is 17.2. The number of nitrogens with zero attached hydrogens (tertiary/aromatic N) is 1. The summed E-state index contributed by atoms with van der Waals surface area (Å²) in [5.74, 6) is 2.49. The summed E-state index contributed by atoms with van der Waals surface area (Å²) in [6.07, 6.45) is 0.978. The summed E-state index contributed by atoms with van der Waals surface area (Å²) in [7, 11) is 3.41. The number of fused-ring (bicyclic) bond motifs is 1. The SMILES string of the molecule is CCN(CC)CCOc1cc2c(cc1OC)CCNC2c1cccc(OC)c1. The lowest BCUT2D eigenvalue weighted by molar-refractivity contribution is 0.217. The Hall–Kier alpha value is -2.24. The van der Waals surface area contributed by atoms with E-state index in [0.29, 0.717) is 6.61 Å². The molecule has 0 radical (unpaired) electrons. The number of rotatable bonds is 9. The van der Waals surface area contributed by atoms with Crippen molar-refractivity contribution in [1.82, 2.24) is 10.2 Å². The topological polar surface area (TPSA) is 43.0 Å². The molecule has 1 aliphatic rings. The predicted octanol–water partition coefficient (Wildman–Crippen LogP) is 3.66. The molecular formula is C23H32N2O3. The lowest BCUT2D eigenvalue weighted by Gasteiger charge is -2.29. The minimum absolute atomic E-state index is 0.120. The molecule has 0 fully saturated rings. The van der Waals surface area contributed by atoms with Gasteiger partial charge in [0, 0.05) is 13.1 Å². The molecule has 28 heavy (non-hydrogen) atoms. The van der Waals surface area contributed by atoms with Crippen molar-refractivity contribution in [2.24, 2.45) is 0 Å². The maximum atomic E-state index is 6.14. The van der Waals surface area contributed by atoms with Gasteiger partial charge in [0.05, 0.1) is 20.3 Å². The lowest BCUT2D eigenvalue weighted by Crippen LogP contribution is -2.31. The number of benzene rings is 2. The van der Waals surface area contributed by atoms with E-state index < -0.39 is 0 Å². The van der Waals surface area contributed by atoms with Gasteiger partial charge in [-0.05, 0) is 60.5 Å². The van der Waals surface area contributed by atoms with Crippen LogP contribution in [0.1, 0.15) is 36.6 Å². The van der Waals surface area contributed by atoms with Crippen molar-refractivity contribution in [2.45, 2.75) is 26.3 Å². The van der Waals surface area contributed by atoms with Crippen LogP contribution in [0, 0.1) is 0 Å². The first-order valence-electron chi connectivity index (χ1n) is 10.1. The molecule has 5 nitrogen and oxygen atoms in total. The molecule has 1 atom stereocenters. The summed E-state index contributed by atoms with van der Waals surface area (Å²) in [5.41, 5.74) is 3.75. The molecule has 0 bridgehead atoms. The normalized spacial score (nSPS) is 16.0. The Kier molecular flexibility index (Phi) is 7.18. The van der Waals surface area contributed by atoms with E-state index in [2.05, 4.69) is 48.3 Å². The molecule has 1 unspecified atom stereocenters. The molecule has 0 aliphatic carbocycles. The molecule has 0 spiro atoms. The van der Waals surface area contributed by atoms with E-state index in [1.54, 1.807) is 14.2 Å². The van der Waals surface area contributed by atoms with Crippen molar-refractivity contribution in [1.29, 1.82) is 0 Å². The second kappa shape index (κ2) is 9.80. The Morgan fingerprint density at radius 3 is 2.57 bits per heavy atom. The third kappa shape index (κ3) is 4.59. The maximum Gasteiger partial charge on any atom is 0.161 e. The monoisotopic (exact) mass is 384 g/mol. The molecule has 3 rings (SSSR count). The van der Waals surface area contributed by atoms with E-state index in [0.717, 1.165) is 49.8 Å². The molecule has 0 aromatic heterocycles. The molecule has 5 heteroatoms. The van der Waals surface area contributed by atoms with Crippen LogP contribution in [0.2, 0.25) is 0 Å². The molecule has 0 saturated carbocycles. The summed E-state index contributed by atoms with van der Waals surface area (Å²) in [5, 5.41) is 3.64. The number of methoxy groups -OCH3 is 2. The third-order valence-electron chi connectivity index (χ3n) is 5.47. The van der Waals surface area contributed by atoms with Gasteiger partial charge in [0.2, 0.25) is 0 Å². The molecule has 1 heterocycles. The van der Waals surface area contributed by atoms with Gasteiger partial charge in [-0.2, -0.15) is 0 Å². The van der Waals surface area contributed by atoms with Crippen LogP contribution in [-0.4, -0.2) is 51.9 Å². The van der Waals surface area contributed by atoms with Gasteiger partial charge in [-0.3, -0.25) is 0 Å². The summed E-state index contributed by atoms with van der Waals surface area (Å²) in [4.78, 5) is 2.35. The molecule has 2 aromatic carbocycles. The highest BCUT2D eigenvalue weighted by atomic mass is 16.5. The maximum absolute atomic E-state index is 6.14. The lowest BCUT2D eigenvalue weighted by atomic mass is 9.89. The average molecular weight is 385 g/mol. The smallest absolute Gasteiger partial charge is 0.161 e. The van der Waals surface area contributed by atoms with Crippen LogP contribution in [-0.2, 0) is 6.42 Å². The highest BCUT2D eigenvalue weighted by Gasteiger charge is 2.24. The number of ether oxygens (including phenoxy) is 3. The fraction of sp³-hybridized carbons (Fsp3) is 0.478. The van der Waals surface area contributed by atoms with Crippen LogP contribution in [0.3, 0.4) is 0 Å². The molecule has 0 saturated heterocycles. The van der Waals surface area contributed by atoms with Gasteiger partial charge in [-0.1, -0.05) is 26.0 Å². The van der Waals surface area contributed by atoms with Crippen LogP contribution < -0.4 is 19.5 Å². The second-order valence-corrected chi connectivity index (χ2v) is 6.99. The van der Waals surface area contributed by atoms with E-state index in [-0.39, 0.29) is 6.04 Å². The number of hydrogen-bond donors (Lipinski definition) is 1. The van der Waals surface area contributed by atoms with Gasteiger partial charge in [-0.15, -0.1) is 0 Å². The van der Waals surface area contributed by atoms with Gasteiger partial charge in [0.25, 0.3) is 0 Å². The van der Waals surface area contributed by atoms with Crippen LogP contribution in [0.15, 0.2) is 36.4 Å². The fourth-order valence-corrected chi connectivity index (χ4v) is 3.78. The Morgan fingerprint density at radius 1 is 1.04 bits per heavy atom. The highest BCUT2D eigenvalue weighted by molar-refractivity contribution is 5.52. The third-order valence-corrected chi connectivity index (χ3v) is 5.47. The van der Waals surface area contributed by atoms with Gasteiger partial charge in [0.1, 0.15) is 12.4 Å². The molecule has 1 aliphatic heterocycles. The van der Waals surface area contributed by atoms with E-state index in [4.69, 9.17) is 14.2 Å². The Bertz CT molecular complexity index is 774. The summed E-state index contributed by atoms with van der Waals surface area (Å²) in [6.45, 7) is 8.89. The minimum atomic E-state index is 0.120. The van der Waals surface area contributed by atoms with E-state index in [1.165, 1.54) is 16.7 Å². The molecule has 1 N–H and O–H groups in total. The number of nitrogens with one attached hydrogen (secondary N) is 1. The van der Waals surface area contributed by atoms with Crippen molar-refractivity contribution < 1.29 is 14.2 Å². The first-order valence-corrected chi connectivity index (χ1v) is 10.1. The van der Waals surface area contributed by atoms with Crippen molar-refractivity contribution in [3.05, 3.63) is 53.1 Å². The quantitative estimate of drug-likeness (QED) is 0.715. The Morgan fingerprint density at radius 2 is 1.86 bits per heavy atom. The van der Waals surface area contributed by atoms with Crippen LogP contribution in [0.4, 0.5) is 0 Å². The molecule has 2 aromatic rings. The zero-order chi connectivity index (χ0) is 19.9. The van der Waals surface area contributed by atoms with Crippen molar-refractivity contribution in [3.63, 3.8) is 0 Å². The van der Waals surface area contributed by atoms with Gasteiger partial charge >= 0.3 is 0 Å². The van der Waals surface area contributed by atoms with Crippen LogP contribution >= 0.6 is 0 Å². The predicted molar refractivity (Wildman–Crippen MR) is 113 cm³/mol. The average Bonchev–Trinajstić information content (AvgIpc) is 2.75. The zero-order valence-corrected chi connectivity index (χ0v) is 17.5. The zero-order valence-electron chi connectivity index (χ0n) is 17.5. The van der Waals surface area contributed by atoms with Crippen molar-refractivity contribution >= 4 is 0 Å². The van der Waals surface area contributed by atoms with E-state index in [9.17, 15) is 0 Å². The van der Waals surface area contributed by atoms with E-state index >= 15 is 0 Å². The van der Waals surface area contributed by atoms with Gasteiger partial charge < -0.3 is 24.4 Å². The van der Waals surface area contributed by atoms with Crippen molar-refractivity contribution in [2.75, 3.05) is 47.0 Å². The Balaban J connectivity index is 1.87. The highest BCUT2D eigenvalue weighted by Crippen LogP contribution is 2.38. The number of likely N-dealkylation sites (N-methyl/N-ethyl adjacent to an activating group) is 1. The first-order chi connectivity index (χ1) is 13.7. The largest absolute Gasteiger partial charge is 0.497 e. The fourth-order valence-electron chi connectivity index (χ4n) is 3.78. The summed E-state index contributed by atoms with van der Waals surface area (Å²) >= 11 is 0. The molecule has 152 valence electrons. The van der Waals surface area contributed by atoms with Gasteiger partial charge in [-0.25, -0.2) is 0 Å².